The van der Waals surface area contributed by atoms with Gasteiger partial charge in [0, 0.05) is 0 Å². The normalized spacial score (nSPS) is 7.75. The van der Waals surface area contributed by atoms with Gasteiger partial charge in [0.1, 0.15) is 0 Å². The fourth-order valence-electron chi connectivity index (χ4n) is 0. The third-order valence-electron chi connectivity index (χ3n) is 0. The molecule has 0 amide bonds. The summed E-state index contributed by atoms with van der Waals surface area (Å²) in [6.45, 7) is 0. The van der Waals surface area contributed by atoms with Crippen LogP contribution < -0.4 is 6.15 Å². The average molecular weight is 182 g/mol. The molecule has 0 saturated heterocycles. The van der Waals surface area contributed by atoms with Crippen molar-refractivity contribution in [3.63, 3.8) is 0 Å². The number of hydrogen-bond donors (Lipinski definition) is 3. The standard InChI is InChI=1S/FH.H3N.H2O4S.Ti/c;;1-5(2,3)4;/h1H;1H3;(H2,1,2,3,4);/q;;;+1/p-1. The third kappa shape index (κ3) is 863. The van der Waals surface area contributed by atoms with Crippen molar-refractivity contribution >= 4 is 10.4 Å². The van der Waals surface area contributed by atoms with Crippen LogP contribution in [0.5, 0.6) is 0 Å². The van der Waals surface area contributed by atoms with Crippen molar-refractivity contribution < 1.29 is 41.6 Å². The molecule has 0 heterocycles. The summed E-state index contributed by atoms with van der Waals surface area (Å²) in [5.41, 5.74) is 0. The summed E-state index contributed by atoms with van der Waals surface area (Å²) < 4.78 is 41.1. The first-order valence-electron chi connectivity index (χ1n) is 0.887. The first-order valence-corrected chi connectivity index (χ1v) is 2.87. The van der Waals surface area contributed by atoms with Gasteiger partial charge < -0.3 is 6.15 Å². The van der Waals surface area contributed by atoms with Gasteiger partial charge in [-0.15, -0.1) is 0 Å². The molecular formula is H5FNO4STi. The number of rotatable bonds is 0. The third-order valence-corrected chi connectivity index (χ3v) is 0. The minimum absolute atomic E-state index is 0. The molecule has 8 heavy (non-hydrogen) atoms. The van der Waals surface area contributed by atoms with Crippen LogP contribution in [0.25, 0.3) is 0 Å². The second-order valence-corrected chi connectivity index (χ2v) is 1.34. The van der Waals surface area contributed by atoms with Crippen molar-refractivity contribution in [1.29, 1.82) is 0 Å². The topological polar surface area (TPSA) is 110 Å². The van der Waals surface area contributed by atoms with Crippen molar-refractivity contribution in [3.8, 4) is 0 Å². The van der Waals surface area contributed by atoms with Gasteiger partial charge in [0.05, 0.1) is 0 Å². The molecule has 0 aromatic carbocycles. The second kappa shape index (κ2) is 7.47. The summed E-state index contributed by atoms with van der Waals surface area (Å²) >= 11 is 0.500. The molecule has 0 spiro atoms. The Morgan fingerprint density at radius 2 is 1.25 bits per heavy atom. The fraction of sp³-hybridized carbons (Fsp3) is 0. The van der Waals surface area contributed by atoms with Crippen LogP contribution in [-0.4, -0.2) is 17.5 Å². The van der Waals surface area contributed by atoms with Gasteiger partial charge >= 0.3 is 34.5 Å². The van der Waals surface area contributed by atoms with Gasteiger partial charge in [-0.25, -0.2) is 0 Å². The first-order chi connectivity index (χ1) is 3.00. The molecule has 5 N–H and O–H groups in total. The van der Waals surface area contributed by atoms with Crippen molar-refractivity contribution in [1.82, 2.24) is 6.15 Å². The van der Waals surface area contributed by atoms with Crippen LogP contribution in [0.3, 0.4) is 0 Å². The zero-order chi connectivity index (χ0) is 6.50. The van der Waals surface area contributed by atoms with E-state index in [-0.39, 0.29) is 6.15 Å². The van der Waals surface area contributed by atoms with E-state index in [1.165, 1.54) is 0 Å². The van der Waals surface area contributed by atoms with Gasteiger partial charge in [-0.1, -0.05) is 0 Å². The van der Waals surface area contributed by atoms with Crippen LogP contribution in [0.2, 0.25) is 0 Å². The summed E-state index contributed by atoms with van der Waals surface area (Å²) in [6, 6.07) is 0. The summed E-state index contributed by atoms with van der Waals surface area (Å²) in [6.07, 6.45) is 0. The van der Waals surface area contributed by atoms with Gasteiger partial charge in [-0.05, 0) is 0 Å². The minimum atomic E-state index is -4.67. The van der Waals surface area contributed by atoms with Crippen LogP contribution in [0.1, 0.15) is 0 Å². The molecule has 0 aliphatic carbocycles. The monoisotopic (exact) mass is 182 g/mol. The van der Waals surface area contributed by atoms with Crippen molar-refractivity contribution in [2.24, 2.45) is 0 Å². The van der Waals surface area contributed by atoms with Crippen LogP contribution >= 0.6 is 0 Å². The second-order valence-electron chi connectivity index (χ2n) is 0.448. The molecule has 8 heteroatoms. The van der Waals surface area contributed by atoms with Gasteiger partial charge in [-0.2, -0.15) is 8.42 Å². The molecule has 0 aromatic heterocycles. The Bertz CT molecular complexity index is 99.2. The molecule has 51 valence electrons. The summed E-state index contributed by atoms with van der Waals surface area (Å²) in [7, 11) is -4.67. The van der Waals surface area contributed by atoms with E-state index in [9.17, 15) is 3.09 Å². The Morgan fingerprint density at radius 3 is 1.25 bits per heavy atom. The van der Waals surface area contributed by atoms with Gasteiger partial charge in [0.2, 0.25) is 0 Å². The molecule has 0 aromatic rings. The number of hydrogen-bond acceptors (Lipinski definition) is 3. The van der Waals surface area contributed by atoms with E-state index < -0.39 is 10.4 Å². The zero-order valence-corrected chi connectivity index (χ0v) is 6.08. The fourth-order valence-corrected chi connectivity index (χ4v) is 0. The average Bonchev–Trinajstić information content (AvgIpc) is 1.36. The molecule has 0 atom stereocenters. The van der Waals surface area contributed by atoms with Gasteiger partial charge in [0.25, 0.3) is 0 Å². The molecule has 0 fully saturated rings. The maximum absolute atomic E-state index is 9.50. The molecule has 0 aliphatic rings. The zero-order valence-electron chi connectivity index (χ0n) is 3.70. The molecule has 0 aliphatic heterocycles. The molecule has 0 radical (unpaired) electrons. The van der Waals surface area contributed by atoms with Gasteiger partial charge in [-0.3, -0.25) is 9.11 Å². The van der Waals surface area contributed by atoms with E-state index >= 15 is 0 Å². The van der Waals surface area contributed by atoms with E-state index in [2.05, 4.69) is 0 Å². The van der Waals surface area contributed by atoms with E-state index in [1.54, 1.807) is 0 Å². The molecule has 0 unspecified atom stereocenters. The van der Waals surface area contributed by atoms with E-state index in [1.807, 2.05) is 0 Å². The Balaban J connectivity index is -0.0000000750. The molecular weight excluding hydrogens is 177 g/mol. The Morgan fingerprint density at radius 1 is 1.25 bits per heavy atom. The predicted octanol–water partition coefficient (Wildman–Crippen LogP) is -0.0731. The van der Waals surface area contributed by atoms with Crippen molar-refractivity contribution in [2.75, 3.05) is 0 Å². The molecule has 0 rings (SSSR count). The van der Waals surface area contributed by atoms with Gasteiger partial charge in [0.15, 0.2) is 0 Å². The van der Waals surface area contributed by atoms with Crippen LogP contribution in [-0.2, 0) is 31.4 Å². The van der Waals surface area contributed by atoms with Crippen molar-refractivity contribution in [2.45, 2.75) is 0 Å². The molecule has 0 saturated carbocycles. The van der Waals surface area contributed by atoms with Crippen LogP contribution in [0, 0.1) is 0 Å². The van der Waals surface area contributed by atoms with Crippen molar-refractivity contribution in [3.05, 3.63) is 0 Å². The summed E-state index contributed by atoms with van der Waals surface area (Å²) in [5, 5.41) is 0. The van der Waals surface area contributed by atoms with Crippen LogP contribution in [0.15, 0.2) is 0 Å². The first kappa shape index (κ1) is 15.8. The van der Waals surface area contributed by atoms with E-state index in [4.69, 9.17) is 17.5 Å². The van der Waals surface area contributed by atoms with E-state index in [0.717, 1.165) is 0 Å². The van der Waals surface area contributed by atoms with Crippen LogP contribution in [0.4, 0.5) is 3.09 Å². The predicted molar refractivity (Wildman–Crippen MR) is 20.3 cm³/mol. The SMILES string of the molecule is N.O=S(=O)(O)O.[F][Ti]. The quantitative estimate of drug-likeness (QED) is 0.358. The molecule has 5 nitrogen and oxygen atoms in total. The summed E-state index contributed by atoms with van der Waals surface area (Å²) in [5.74, 6) is 0. The molecule has 0 bridgehead atoms. The Hall–Kier alpha value is 0.474. The number of halogens is 1. The summed E-state index contributed by atoms with van der Waals surface area (Å²) in [4.78, 5) is 0. The maximum atomic E-state index is 9.50. The Kier molecular flexibility index (Phi) is 14.8. The van der Waals surface area contributed by atoms with E-state index in [0.29, 0.717) is 21.0 Å². The Labute approximate surface area is 58.5 Å².